The van der Waals surface area contributed by atoms with E-state index in [1.54, 1.807) is 12.1 Å². The van der Waals surface area contributed by atoms with E-state index in [0.29, 0.717) is 23.6 Å². The van der Waals surface area contributed by atoms with Crippen LogP contribution in [0.4, 0.5) is 5.69 Å². The molecular weight excluding hydrogens is 244 g/mol. The van der Waals surface area contributed by atoms with Crippen LogP contribution in [0.2, 0.25) is 0 Å². The average molecular weight is 262 g/mol. The number of rotatable bonds is 6. The van der Waals surface area contributed by atoms with Crippen molar-refractivity contribution in [3.63, 3.8) is 0 Å². The second-order valence-electron chi connectivity index (χ2n) is 4.18. The van der Waals surface area contributed by atoms with Gasteiger partial charge in [-0.05, 0) is 32.3 Å². The largest absolute Gasteiger partial charge is 0.490 e. The second-order valence-corrected chi connectivity index (χ2v) is 4.18. The number of ether oxygens (including phenoxy) is 2. The molecule has 0 radical (unpaired) electrons. The molecule has 2 N–H and O–H groups in total. The van der Waals surface area contributed by atoms with Crippen molar-refractivity contribution in [3.8, 4) is 18.1 Å². The van der Waals surface area contributed by atoms with E-state index in [1.807, 2.05) is 19.0 Å². The van der Waals surface area contributed by atoms with Gasteiger partial charge in [0.1, 0.15) is 12.4 Å². The lowest BCUT2D eigenvalue weighted by atomic mass is 10.2. The fourth-order valence-electron chi connectivity index (χ4n) is 1.34. The molecule has 102 valence electrons. The van der Waals surface area contributed by atoms with Crippen LogP contribution >= 0.6 is 0 Å². The van der Waals surface area contributed by atoms with E-state index in [-0.39, 0.29) is 6.61 Å². The van der Waals surface area contributed by atoms with Gasteiger partial charge in [-0.15, -0.1) is 6.42 Å². The number of hydrogen-bond donors (Lipinski definition) is 1. The first-order valence-corrected chi connectivity index (χ1v) is 5.82. The zero-order chi connectivity index (χ0) is 14.3. The molecule has 0 saturated heterocycles. The molecule has 1 rings (SSSR count). The first-order chi connectivity index (χ1) is 9.04. The van der Waals surface area contributed by atoms with Gasteiger partial charge >= 0.3 is 5.97 Å². The number of nitrogens with zero attached hydrogens (tertiary/aromatic N) is 1. The maximum absolute atomic E-state index is 11.5. The molecule has 0 unspecified atom stereocenters. The van der Waals surface area contributed by atoms with Crippen LogP contribution in [0.5, 0.6) is 5.75 Å². The van der Waals surface area contributed by atoms with Crippen LogP contribution in [0.1, 0.15) is 10.4 Å². The summed E-state index contributed by atoms with van der Waals surface area (Å²) in [6.07, 6.45) is 5.01. The van der Waals surface area contributed by atoms with Crippen molar-refractivity contribution < 1.29 is 14.3 Å². The third kappa shape index (κ3) is 4.90. The van der Waals surface area contributed by atoms with E-state index >= 15 is 0 Å². The Labute approximate surface area is 113 Å². The van der Waals surface area contributed by atoms with Gasteiger partial charge < -0.3 is 20.1 Å². The highest BCUT2D eigenvalue weighted by Gasteiger charge is 2.09. The fraction of sp³-hybridized carbons (Fsp3) is 0.357. The van der Waals surface area contributed by atoms with Crippen LogP contribution in [0, 0.1) is 12.3 Å². The zero-order valence-electron chi connectivity index (χ0n) is 11.2. The minimum atomic E-state index is -0.496. The number of carbonyl (C=O) groups is 1. The normalized spacial score (nSPS) is 10.0. The molecule has 0 aromatic heterocycles. The highest BCUT2D eigenvalue weighted by Crippen LogP contribution is 2.22. The van der Waals surface area contributed by atoms with Gasteiger partial charge in [-0.25, -0.2) is 4.79 Å². The molecule has 0 aliphatic heterocycles. The second kappa shape index (κ2) is 7.29. The minimum Gasteiger partial charge on any atom is -0.490 e. The number of anilines is 1. The van der Waals surface area contributed by atoms with Gasteiger partial charge in [0.2, 0.25) is 0 Å². The van der Waals surface area contributed by atoms with Gasteiger partial charge in [-0.2, -0.15) is 0 Å². The number of esters is 1. The number of nitrogens with two attached hydrogens (primary N) is 1. The molecule has 5 nitrogen and oxygen atoms in total. The number of nitrogen functional groups attached to an aromatic ring is 1. The molecule has 0 spiro atoms. The van der Waals surface area contributed by atoms with Gasteiger partial charge in [0.15, 0.2) is 6.61 Å². The lowest BCUT2D eigenvalue weighted by molar-refractivity contribution is 0.0557. The monoisotopic (exact) mass is 262 g/mol. The molecule has 19 heavy (non-hydrogen) atoms. The van der Waals surface area contributed by atoms with Crippen LogP contribution in [0.3, 0.4) is 0 Å². The van der Waals surface area contributed by atoms with E-state index < -0.39 is 5.97 Å². The van der Waals surface area contributed by atoms with E-state index in [9.17, 15) is 4.79 Å². The Morgan fingerprint density at radius 3 is 2.79 bits per heavy atom. The van der Waals surface area contributed by atoms with E-state index in [2.05, 4.69) is 5.92 Å². The van der Waals surface area contributed by atoms with Crippen molar-refractivity contribution in [2.45, 2.75) is 0 Å². The zero-order valence-corrected chi connectivity index (χ0v) is 11.2. The molecule has 0 aliphatic rings. The van der Waals surface area contributed by atoms with Gasteiger partial charge in [-0.1, -0.05) is 5.92 Å². The first-order valence-electron chi connectivity index (χ1n) is 5.82. The minimum absolute atomic E-state index is 0.0557. The average Bonchev–Trinajstić information content (AvgIpc) is 2.37. The molecule has 0 bridgehead atoms. The lowest BCUT2D eigenvalue weighted by Crippen LogP contribution is -2.19. The van der Waals surface area contributed by atoms with Crippen LogP contribution < -0.4 is 10.5 Å². The Bertz CT molecular complexity index is 478. The van der Waals surface area contributed by atoms with Crippen LogP contribution in [0.25, 0.3) is 0 Å². The van der Waals surface area contributed by atoms with E-state index in [1.165, 1.54) is 6.07 Å². The molecule has 1 aromatic rings. The predicted molar refractivity (Wildman–Crippen MR) is 74.0 cm³/mol. The highest BCUT2D eigenvalue weighted by atomic mass is 16.5. The molecular formula is C14H18N2O3. The van der Waals surface area contributed by atoms with Crippen LogP contribution in [-0.2, 0) is 4.74 Å². The number of carbonyl (C=O) groups excluding carboxylic acids is 1. The van der Waals surface area contributed by atoms with Gasteiger partial charge in [0.25, 0.3) is 0 Å². The lowest BCUT2D eigenvalue weighted by Gasteiger charge is -2.13. The van der Waals surface area contributed by atoms with Crippen molar-refractivity contribution in [2.24, 2.45) is 0 Å². The Morgan fingerprint density at radius 1 is 1.47 bits per heavy atom. The smallest absolute Gasteiger partial charge is 0.339 e. The molecule has 0 aliphatic carbocycles. The topological polar surface area (TPSA) is 64.8 Å². The Morgan fingerprint density at radius 2 is 2.21 bits per heavy atom. The van der Waals surface area contributed by atoms with Crippen molar-refractivity contribution in [1.29, 1.82) is 0 Å². The molecule has 0 heterocycles. The van der Waals surface area contributed by atoms with Crippen LogP contribution in [0.15, 0.2) is 18.2 Å². The third-order valence-electron chi connectivity index (χ3n) is 2.33. The van der Waals surface area contributed by atoms with Crippen molar-refractivity contribution in [2.75, 3.05) is 39.6 Å². The summed E-state index contributed by atoms with van der Waals surface area (Å²) in [6.45, 7) is 1.25. The number of benzene rings is 1. The molecule has 0 fully saturated rings. The summed E-state index contributed by atoms with van der Waals surface area (Å²) in [6, 6.07) is 4.77. The SMILES string of the molecule is C#CCOC(=O)c1ccc(OCCN(C)C)c(N)c1. The number of hydrogen-bond acceptors (Lipinski definition) is 5. The van der Waals surface area contributed by atoms with Crippen LogP contribution in [-0.4, -0.2) is 44.7 Å². The van der Waals surface area contributed by atoms with E-state index in [4.69, 9.17) is 21.6 Å². The summed E-state index contributed by atoms with van der Waals surface area (Å²) >= 11 is 0. The predicted octanol–water partition coefficient (Wildman–Crippen LogP) is 0.999. The van der Waals surface area contributed by atoms with Crippen molar-refractivity contribution in [3.05, 3.63) is 23.8 Å². The summed E-state index contributed by atoms with van der Waals surface area (Å²) in [7, 11) is 3.91. The first kappa shape index (κ1) is 14.9. The molecule has 0 amide bonds. The van der Waals surface area contributed by atoms with Gasteiger partial charge in [0, 0.05) is 6.54 Å². The standard InChI is InChI=1S/C14H18N2O3/c1-4-8-19-14(17)11-5-6-13(12(15)10-11)18-9-7-16(2)3/h1,5-6,10H,7-9,15H2,2-3H3. The Hall–Kier alpha value is -2.19. The molecule has 0 atom stereocenters. The summed E-state index contributed by atoms with van der Waals surface area (Å²) in [5.41, 5.74) is 6.57. The molecule has 5 heteroatoms. The van der Waals surface area contributed by atoms with E-state index in [0.717, 1.165) is 6.54 Å². The summed E-state index contributed by atoms with van der Waals surface area (Å²) in [5.74, 6) is 2.28. The molecule has 1 aromatic carbocycles. The highest BCUT2D eigenvalue weighted by molar-refractivity contribution is 5.91. The number of terminal acetylenes is 1. The summed E-state index contributed by atoms with van der Waals surface area (Å²) < 4.78 is 10.3. The third-order valence-corrected chi connectivity index (χ3v) is 2.33. The summed E-state index contributed by atoms with van der Waals surface area (Å²) in [5, 5.41) is 0. The van der Waals surface area contributed by atoms with Gasteiger partial charge in [0.05, 0.1) is 11.3 Å². The Balaban J connectivity index is 2.64. The Kier molecular flexibility index (Phi) is 5.71. The molecule has 0 saturated carbocycles. The van der Waals surface area contributed by atoms with Crippen molar-refractivity contribution in [1.82, 2.24) is 4.90 Å². The quantitative estimate of drug-likeness (QED) is 0.471. The summed E-state index contributed by atoms with van der Waals surface area (Å²) in [4.78, 5) is 13.6. The maximum Gasteiger partial charge on any atom is 0.339 e. The number of likely N-dealkylation sites (N-methyl/N-ethyl adjacent to an activating group) is 1. The maximum atomic E-state index is 11.5. The van der Waals surface area contributed by atoms with Gasteiger partial charge in [-0.3, -0.25) is 0 Å². The van der Waals surface area contributed by atoms with Crippen molar-refractivity contribution >= 4 is 11.7 Å². The fourth-order valence-corrected chi connectivity index (χ4v) is 1.34.